The van der Waals surface area contributed by atoms with Crippen LogP contribution in [0.25, 0.3) is 6.08 Å². The second kappa shape index (κ2) is 10.7. The summed E-state index contributed by atoms with van der Waals surface area (Å²) in [6.45, 7) is 0.126. The van der Waals surface area contributed by atoms with Crippen molar-refractivity contribution < 1.29 is 19.1 Å². The van der Waals surface area contributed by atoms with Gasteiger partial charge in [-0.1, -0.05) is 97.1 Å². The number of hydrogen-bond acceptors (Lipinski definition) is 4. The highest BCUT2D eigenvalue weighted by Gasteiger charge is 2.42. The van der Waals surface area contributed by atoms with Crippen LogP contribution in [0.3, 0.4) is 0 Å². The highest BCUT2D eigenvalue weighted by atomic mass is 16.6. The van der Waals surface area contributed by atoms with Crippen molar-refractivity contribution in [2.45, 2.75) is 12.0 Å². The minimum absolute atomic E-state index is 0.126. The molecule has 1 aliphatic rings. The van der Waals surface area contributed by atoms with Crippen LogP contribution in [-0.4, -0.2) is 29.5 Å². The second-order valence-electron chi connectivity index (χ2n) is 8.44. The van der Waals surface area contributed by atoms with Crippen LogP contribution in [0.2, 0.25) is 0 Å². The Kier molecular flexibility index (Phi) is 6.90. The first-order valence-corrected chi connectivity index (χ1v) is 11.8. The first-order chi connectivity index (χ1) is 17.7. The highest BCUT2D eigenvalue weighted by molar-refractivity contribution is 6.02. The van der Waals surface area contributed by atoms with Gasteiger partial charge in [-0.3, -0.25) is 4.79 Å². The smallest absolute Gasteiger partial charge is 0.417 e. The quantitative estimate of drug-likeness (QED) is 0.280. The van der Waals surface area contributed by atoms with Crippen molar-refractivity contribution in [2.24, 2.45) is 0 Å². The molecular formula is C31H25NO4. The Morgan fingerprint density at radius 1 is 0.806 bits per heavy atom. The number of benzene rings is 4. The summed E-state index contributed by atoms with van der Waals surface area (Å²) in [4.78, 5) is 27.3. The number of rotatable bonds is 7. The lowest BCUT2D eigenvalue weighted by atomic mass is 9.85. The van der Waals surface area contributed by atoms with Crippen LogP contribution in [-0.2, 0) is 9.53 Å². The summed E-state index contributed by atoms with van der Waals surface area (Å²) < 4.78 is 11.4. The van der Waals surface area contributed by atoms with Gasteiger partial charge in [0.05, 0.1) is 6.04 Å². The molecule has 36 heavy (non-hydrogen) atoms. The van der Waals surface area contributed by atoms with Crippen molar-refractivity contribution in [3.8, 4) is 11.5 Å². The molecule has 0 aromatic heterocycles. The van der Waals surface area contributed by atoms with E-state index in [0.29, 0.717) is 11.5 Å². The Balaban J connectivity index is 1.43. The lowest BCUT2D eigenvalue weighted by Gasteiger charge is -2.28. The largest absolute Gasteiger partial charge is 0.457 e. The zero-order valence-corrected chi connectivity index (χ0v) is 19.6. The van der Waals surface area contributed by atoms with E-state index in [-0.39, 0.29) is 12.5 Å². The van der Waals surface area contributed by atoms with Crippen LogP contribution in [0.4, 0.5) is 4.79 Å². The maximum absolute atomic E-state index is 13.4. The van der Waals surface area contributed by atoms with E-state index in [0.717, 1.165) is 16.7 Å². The lowest BCUT2D eigenvalue weighted by Crippen LogP contribution is -2.42. The Morgan fingerprint density at radius 2 is 1.36 bits per heavy atom. The van der Waals surface area contributed by atoms with E-state index in [1.165, 1.54) is 11.0 Å². The van der Waals surface area contributed by atoms with Crippen LogP contribution in [0.5, 0.6) is 11.5 Å². The SMILES string of the molecule is O=C(C=Cc1ccccc1Oc1ccccc1)N1C(=O)OCC1C(c1ccccc1)c1ccccc1. The number of imide groups is 1. The number of hydrogen-bond donors (Lipinski definition) is 0. The van der Waals surface area contributed by atoms with Gasteiger partial charge in [0.15, 0.2) is 0 Å². The molecule has 5 nitrogen and oxygen atoms in total. The molecule has 1 heterocycles. The van der Waals surface area contributed by atoms with Crippen LogP contribution >= 0.6 is 0 Å². The van der Waals surface area contributed by atoms with Crippen molar-refractivity contribution in [1.82, 2.24) is 4.90 Å². The molecule has 4 aromatic carbocycles. The molecule has 178 valence electrons. The molecule has 4 aromatic rings. The van der Waals surface area contributed by atoms with E-state index in [1.54, 1.807) is 6.08 Å². The van der Waals surface area contributed by atoms with Crippen LogP contribution in [0, 0.1) is 0 Å². The van der Waals surface area contributed by atoms with E-state index in [1.807, 2.05) is 115 Å². The van der Waals surface area contributed by atoms with Crippen LogP contribution in [0.15, 0.2) is 121 Å². The van der Waals surface area contributed by atoms with Crippen LogP contribution in [0.1, 0.15) is 22.6 Å². The third-order valence-corrected chi connectivity index (χ3v) is 6.14. The zero-order valence-electron chi connectivity index (χ0n) is 19.6. The predicted molar refractivity (Wildman–Crippen MR) is 139 cm³/mol. The Labute approximate surface area is 210 Å². The summed E-state index contributed by atoms with van der Waals surface area (Å²) >= 11 is 0. The van der Waals surface area contributed by atoms with Crippen molar-refractivity contribution in [3.63, 3.8) is 0 Å². The van der Waals surface area contributed by atoms with E-state index < -0.39 is 18.0 Å². The fourth-order valence-electron chi connectivity index (χ4n) is 4.46. The molecule has 0 aliphatic carbocycles. The molecule has 1 aliphatic heterocycles. The summed E-state index contributed by atoms with van der Waals surface area (Å²) in [5.74, 6) is 0.653. The van der Waals surface area contributed by atoms with Gasteiger partial charge in [-0.2, -0.15) is 0 Å². The molecule has 5 rings (SSSR count). The van der Waals surface area contributed by atoms with Crippen molar-refractivity contribution in [2.75, 3.05) is 6.61 Å². The van der Waals surface area contributed by atoms with Crippen molar-refractivity contribution in [1.29, 1.82) is 0 Å². The molecular weight excluding hydrogens is 450 g/mol. The third-order valence-electron chi connectivity index (χ3n) is 6.14. The molecule has 0 N–H and O–H groups in total. The molecule has 0 radical (unpaired) electrons. The average Bonchev–Trinajstić information content (AvgIpc) is 3.31. The maximum atomic E-state index is 13.4. The number of carbonyl (C=O) groups excluding carboxylic acids is 2. The number of carbonyl (C=O) groups is 2. The van der Waals surface area contributed by atoms with E-state index in [2.05, 4.69) is 0 Å². The standard InChI is InChI=1S/C31H25NO4/c33-29(21-20-23-12-10-11-19-28(23)36-26-17-8-3-9-18-26)32-27(22-35-31(32)34)30(24-13-4-1-5-14-24)25-15-6-2-7-16-25/h1-21,27,30H,22H2. The van der Waals surface area contributed by atoms with Gasteiger partial charge in [0, 0.05) is 17.6 Å². The first kappa shape index (κ1) is 23.1. The normalized spacial score (nSPS) is 15.3. The molecule has 1 saturated heterocycles. The van der Waals surface area contributed by atoms with Gasteiger partial charge in [-0.25, -0.2) is 9.69 Å². The summed E-state index contributed by atoms with van der Waals surface area (Å²) in [6.07, 6.45) is 2.43. The molecule has 0 saturated carbocycles. The summed E-state index contributed by atoms with van der Waals surface area (Å²) in [7, 11) is 0. The Morgan fingerprint density at radius 3 is 2.00 bits per heavy atom. The van der Waals surface area contributed by atoms with E-state index in [4.69, 9.17) is 9.47 Å². The molecule has 1 fully saturated rings. The minimum Gasteiger partial charge on any atom is -0.457 e. The van der Waals surface area contributed by atoms with Gasteiger partial charge in [-0.05, 0) is 35.4 Å². The lowest BCUT2D eigenvalue weighted by molar-refractivity contribution is -0.124. The fraction of sp³-hybridized carbons (Fsp3) is 0.0968. The number of nitrogens with zero attached hydrogens (tertiary/aromatic N) is 1. The molecule has 0 bridgehead atoms. The molecule has 1 unspecified atom stereocenters. The Bertz CT molecular complexity index is 1310. The van der Waals surface area contributed by atoms with Gasteiger partial charge in [-0.15, -0.1) is 0 Å². The maximum Gasteiger partial charge on any atom is 0.417 e. The molecule has 2 amide bonds. The van der Waals surface area contributed by atoms with Gasteiger partial charge < -0.3 is 9.47 Å². The minimum atomic E-state index is -0.639. The van der Waals surface area contributed by atoms with Crippen molar-refractivity contribution >= 4 is 18.1 Å². The molecule has 5 heteroatoms. The second-order valence-corrected chi connectivity index (χ2v) is 8.44. The third kappa shape index (κ3) is 5.05. The summed E-state index contributed by atoms with van der Waals surface area (Å²) in [5, 5.41) is 0. The zero-order chi connectivity index (χ0) is 24.7. The first-order valence-electron chi connectivity index (χ1n) is 11.8. The Hall–Kier alpha value is -4.64. The average molecular weight is 476 g/mol. The van der Waals surface area contributed by atoms with Gasteiger partial charge in [0.1, 0.15) is 18.1 Å². The summed E-state index contributed by atoms with van der Waals surface area (Å²) in [5.41, 5.74) is 2.74. The highest BCUT2D eigenvalue weighted by Crippen LogP contribution is 2.34. The number of cyclic esters (lactones) is 1. The summed E-state index contributed by atoms with van der Waals surface area (Å²) in [6, 6.07) is 36.2. The van der Waals surface area contributed by atoms with E-state index in [9.17, 15) is 9.59 Å². The number of ether oxygens (including phenoxy) is 2. The molecule has 1 atom stereocenters. The monoisotopic (exact) mass is 475 g/mol. The van der Waals surface area contributed by atoms with Gasteiger partial charge >= 0.3 is 6.09 Å². The van der Waals surface area contributed by atoms with Gasteiger partial charge in [0.2, 0.25) is 0 Å². The van der Waals surface area contributed by atoms with Gasteiger partial charge in [0.25, 0.3) is 5.91 Å². The fourth-order valence-corrected chi connectivity index (χ4v) is 4.46. The topological polar surface area (TPSA) is 55.8 Å². The van der Waals surface area contributed by atoms with E-state index >= 15 is 0 Å². The molecule has 0 spiro atoms. The predicted octanol–water partition coefficient (Wildman–Crippen LogP) is 6.67. The van der Waals surface area contributed by atoms with Crippen molar-refractivity contribution in [3.05, 3.63) is 138 Å². The number of para-hydroxylation sites is 2. The number of amides is 2. The van der Waals surface area contributed by atoms with Crippen LogP contribution < -0.4 is 4.74 Å².